The van der Waals surface area contributed by atoms with Crippen molar-refractivity contribution >= 4 is 5.91 Å². The molecule has 0 saturated carbocycles. The Kier molecular flexibility index (Phi) is 4.30. The number of nitrogens with zero attached hydrogens (tertiary/aromatic N) is 2. The zero-order valence-corrected chi connectivity index (χ0v) is 11.6. The topological polar surface area (TPSA) is 66.1 Å². The van der Waals surface area contributed by atoms with Crippen molar-refractivity contribution in [3.8, 4) is 0 Å². The summed E-state index contributed by atoms with van der Waals surface area (Å²) in [6, 6.07) is 5.26. The number of aromatic nitrogens is 2. The average Bonchev–Trinajstić information content (AvgIpc) is 2.45. The normalized spacial score (nSPS) is 10.3. The highest BCUT2D eigenvalue weighted by molar-refractivity contribution is 5.93. The van der Waals surface area contributed by atoms with Crippen LogP contribution in [0.3, 0.4) is 0 Å². The highest BCUT2D eigenvalue weighted by Crippen LogP contribution is 2.02. The molecule has 0 fully saturated rings. The van der Waals surface area contributed by atoms with Crippen LogP contribution < -0.4 is 5.43 Å². The van der Waals surface area contributed by atoms with E-state index in [1.54, 1.807) is 31.3 Å². The van der Waals surface area contributed by atoms with Gasteiger partial charge >= 0.3 is 0 Å². The van der Waals surface area contributed by atoms with Gasteiger partial charge in [-0.3, -0.25) is 14.6 Å². The summed E-state index contributed by atoms with van der Waals surface area (Å²) in [5.41, 5.74) is 1.78. The fourth-order valence-corrected chi connectivity index (χ4v) is 1.89. The summed E-state index contributed by atoms with van der Waals surface area (Å²) in [7, 11) is 1.70. The van der Waals surface area contributed by atoms with Gasteiger partial charge in [0.25, 0.3) is 5.91 Å². The molecule has 2 aromatic rings. The van der Waals surface area contributed by atoms with E-state index in [1.165, 1.54) is 12.3 Å². The largest absolute Gasteiger partial charge is 0.364 e. The minimum atomic E-state index is -0.264. The van der Waals surface area contributed by atoms with Gasteiger partial charge in [0.05, 0.1) is 0 Å². The Morgan fingerprint density at radius 1 is 1.35 bits per heavy atom. The molecule has 5 heteroatoms. The minimum Gasteiger partial charge on any atom is -0.364 e. The van der Waals surface area contributed by atoms with Crippen molar-refractivity contribution in [2.75, 3.05) is 13.6 Å². The van der Waals surface area contributed by atoms with Gasteiger partial charge in [-0.05, 0) is 31.0 Å². The lowest BCUT2D eigenvalue weighted by molar-refractivity contribution is 0.0795. The van der Waals surface area contributed by atoms with Crippen LogP contribution >= 0.6 is 0 Å². The van der Waals surface area contributed by atoms with Crippen LogP contribution in [-0.2, 0) is 6.42 Å². The van der Waals surface area contributed by atoms with Crippen molar-refractivity contribution in [2.45, 2.75) is 13.3 Å². The van der Waals surface area contributed by atoms with E-state index in [0.717, 1.165) is 17.7 Å². The lowest BCUT2D eigenvalue weighted by Gasteiger charge is -2.16. The van der Waals surface area contributed by atoms with Crippen LogP contribution in [0.1, 0.15) is 21.6 Å². The fraction of sp³-hybridized carbons (Fsp3) is 0.267. The van der Waals surface area contributed by atoms with E-state index in [4.69, 9.17) is 0 Å². The molecular weight excluding hydrogens is 254 g/mol. The first kappa shape index (κ1) is 14.0. The zero-order valence-electron chi connectivity index (χ0n) is 11.6. The van der Waals surface area contributed by atoms with Crippen LogP contribution in [0.5, 0.6) is 0 Å². The van der Waals surface area contributed by atoms with Crippen molar-refractivity contribution in [2.24, 2.45) is 0 Å². The van der Waals surface area contributed by atoms with Crippen LogP contribution in [0.2, 0.25) is 0 Å². The van der Waals surface area contributed by atoms with Crippen molar-refractivity contribution < 1.29 is 4.79 Å². The molecule has 1 amide bonds. The van der Waals surface area contributed by atoms with Gasteiger partial charge in [0.15, 0.2) is 5.43 Å². The predicted octanol–water partition coefficient (Wildman–Crippen LogP) is 1.39. The Morgan fingerprint density at radius 2 is 2.05 bits per heavy atom. The van der Waals surface area contributed by atoms with Crippen LogP contribution in [-0.4, -0.2) is 34.4 Å². The van der Waals surface area contributed by atoms with Crippen molar-refractivity contribution in [1.29, 1.82) is 0 Å². The molecule has 20 heavy (non-hydrogen) atoms. The molecule has 0 aliphatic carbocycles. The molecule has 0 radical (unpaired) electrons. The smallest absolute Gasteiger partial charge is 0.259 e. The van der Waals surface area contributed by atoms with Crippen LogP contribution in [0.25, 0.3) is 0 Å². The quantitative estimate of drug-likeness (QED) is 0.914. The average molecular weight is 271 g/mol. The van der Waals surface area contributed by atoms with Gasteiger partial charge in [0.1, 0.15) is 5.56 Å². The molecule has 2 rings (SSSR count). The molecule has 2 heterocycles. The Balaban J connectivity index is 2.03. The number of H-pyrrole nitrogens is 1. The highest BCUT2D eigenvalue weighted by Gasteiger charge is 2.14. The van der Waals surface area contributed by atoms with Gasteiger partial charge in [-0.1, -0.05) is 0 Å². The molecule has 5 nitrogen and oxygen atoms in total. The Hall–Kier alpha value is -2.43. The van der Waals surface area contributed by atoms with E-state index in [2.05, 4.69) is 9.97 Å². The molecule has 104 valence electrons. The number of aromatic amines is 1. The van der Waals surface area contributed by atoms with Crippen molar-refractivity contribution in [3.05, 3.63) is 63.8 Å². The Bertz CT molecular complexity index is 650. The summed E-state index contributed by atoms with van der Waals surface area (Å²) in [6.45, 7) is 2.33. The molecule has 2 aromatic heterocycles. The number of rotatable bonds is 4. The molecule has 0 atom stereocenters. The number of hydrogen-bond acceptors (Lipinski definition) is 3. The number of carbonyl (C=O) groups excluding carboxylic acids is 1. The van der Waals surface area contributed by atoms with E-state index in [9.17, 15) is 9.59 Å². The summed E-state index contributed by atoms with van der Waals surface area (Å²) >= 11 is 0. The van der Waals surface area contributed by atoms with Gasteiger partial charge in [0, 0.05) is 43.9 Å². The second kappa shape index (κ2) is 6.14. The maximum atomic E-state index is 12.2. The molecular formula is C15H17N3O2. The summed E-state index contributed by atoms with van der Waals surface area (Å²) in [6.07, 6.45) is 5.65. The standard InChI is InChI=1S/C15H17N3O2/c1-11-9-14(19)13(10-17-11)15(20)18(2)8-5-12-3-6-16-7-4-12/h3-4,6-7,9-10H,5,8H2,1-2H3,(H,17,19). The van der Waals surface area contributed by atoms with Crippen molar-refractivity contribution in [3.63, 3.8) is 0 Å². The van der Waals surface area contributed by atoms with E-state index < -0.39 is 0 Å². The number of aryl methyl sites for hydroxylation is 1. The maximum absolute atomic E-state index is 12.2. The van der Waals surface area contributed by atoms with Crippen LogP contribution in [0.4, 0.5) is 0 Å². The van der Waals surface area contributed by atoms with Crippen LogP contribution in [0.15, 0.2) is 41.6 Å². The van der Waals surface area contributed by atoms with E-state index in [-0.39, 0.29) is 16.9 Å². The zero-order chi connectivity index (χ0) is 14.5. The number of amides is 1. The van der Waals surface area contributed by atoms with E-state index in [0.29, 0.717) is 6.54 Å². The number of hydrogen-bond donors (Lipinski definition) is 1. The molecule has 0 saturated heterocycles. The molecule has 0 bridgehead atoms. The second-order valence-corrected chi connectivity index (χ2v) is 4.73. The number of pyridine rings is 2. The minimum absolute atomic E-state index is 0.174. The molecule has 0 aromatic carbocycles. The fourth-order valence-electron chi connectivity index (χ4n) is 1.89. The molecule has 0 aliphatic rings. The number of likely N-dealkylation sites (N-methyl/N-ethyl adjacent to an activating group) is 1. The Labute approximate surface area is 117 Å². The number of carbonyl (C=O) groups is 1. The first-order valence-corrected chi connectivity index (χ1v) is 6.41. The molecule has 1 N–H and O–H groups in total. The van der Waals surface area contributed by atoms with Gasteiger partial charge in [-0.2, -0.15) is 0 Å². The van der Waals surface area contributed by atoms with Crippen LogP contribution in [0, 0.1) is 6.92 Å². The lowest BCUT2D eigenvalue weighted by atomic mass is 10.2. The molecule has 0 spiro atoms. The first-order chi connectivity index (χ1) is 9.58. The van der Waals surface area contributed by atoms with Gasteiger partial charge in [-0.15, -0.1) is 0 Å². The highest BCUT2D eigenvalue weighted by atomic mass is 16.2. The van der Waals surface area contributed by atoms with Gasteiger partial charge in [0.2, 0.25) is 0 Å². The second-order valence-electron chi connectivity index (χ2n) is 4.73. The monoisotopic (exact) mass is 271 g/mol. The SMILES string of the molecule is Cc1cc(=O)c(C(=O)N(C)CCc2ccncc2)c[nH]1. The third kappa shape index (κ3) is 3.32. The molecule has 0 unspecified atom stereocenters. The van der Waals surface area contributed by atoms with Crippen molar-refractivity contribution in [1.82, 2.24) is 14.9 Å². The third-order valence-corrected chi connectivity index (χ3v) is 3.12. The number of nitrogens with one attached hydrogen (secondary N) is 1. The van der Waals surface area contributed by atoms with Gasteiger partial charge in [-0.25, -0.2) is 0 Å². The summed E-state index contributed by atoms with van der Waals surface area (Å²) in [5.74, 6) is -0.264. The van der Waals surface area contributed by atoms with E-state index >= 15 is 0 Å². The Morgan fingerprint density at radius 3 is 2.70 bits per heavy atom. The van der Waals surface area contributed by atoms with Gasteiger partial charge < -0.3 is 9.88 Å². The third-order valence-electron chi connectivity index (χ3n) is 3.12. The first-order valence-electron chi connectivity index (χ1n) is 6.41. The van der Waals surface area contributed by atoms with E-state index in [1.807, 2.05) is 12.1 Å². The summed E-state index contributed by atoms with van der Waals surface area (Å²) < 4.78 is 0. The molecule has 0 aliphatic heterocycles. The lowest BCUT2D eigenvalue weighted by Crippen LogP contribution is -2.32. The predicted molar refractivity (Wildman–Crippen MR) is 76.7 cm³/mol. The maximum Gasteiger partial charge on any atom is 0.259 e. The summed E-state index contributed by atoms with van der Waals surface area (Å²) in [5, 5.41) is 0. The summed E-state index contributed by atoms with van der Waals surface area (Å²) in [4.78, 5) is 32.4.